The fourth-order valence-corrected chi connectivity index (χ4v) is 2.71. The molecule has 1 aliphatic heterocycles. The van der Waals surface area contributed by atoms with Crippen molar-refractivity contribution in [3.05, 3.63) is 30.3 Å². The van der Waals surface area contributed by atoms with Crippen LogP contribution < -0.4 is 10.1 Å². The number of hydrogen-bond acceptors (Lipinski definition) is 4. The van der Waals surface area contributed by atoms with Gasteiger partial charge < -0.3 is 15.0 Å². The summed E-state index contributed by atoms with van der Waals surface area (Å²) in [6.07, 6.45) is 0. The van der Waals surface area contributed by atoms with Gasteiger partial charge in [-0.3, -0.25) is 9.69 Å². The standard InChI is InChI=1S/C17H27N3O2/c1-15(14-18-2)17(21)20-10-8-19(9-11-20)12-13-22-16-6-4-3-5-7-16/h3-7,15,18H,8-14H2,1-2H3. The zero-order valence-electron chi connectivity index (χ0n) is 13.6. The molecule has 1 aromatic carbocycles. The minimum absolute atomic E-state index is 0.0537. The van der Waals surface area contributed by atoms with Crippen molar-refractivity contribution >= 4 is 5.91 Å². The molecule has 0 saturated carbocycles. The Kier molecular flexibility index (Phi) is 6.68. The molecule has 122 valence electrons. The van der Waals surface area contributed by atoms with Gasteiger partial charge in [-0.25, -0.2) is 0 Å². The van der Waals surface area contributed by atoms with E-state index in [2.05, 4.69) is 10.2 Å². The van der Waals surface area contributed by atoms with E-state index in [1.807, 2.05) is 49.2 Å². The molecule has 1 saturated heterocycles. The Bertz CT molecular complexity index is 444. The van der Waals surface area contributed by atoms with Crippen LogP contribution in [-0.2, 0) is 4.79 Å². The van der Waals surface area contributed by atoms with Crippen LogP contribution in [0.3, 0.4) is 0 Å². The lowest BCUT2D eigenvalue weighted by atomic mass is 10.1. The van der Waals surface area contributed by atoms with Crippen LogP contribution in [0.1, 0.15) is 6.92 Å². The first-order chi connectivity index (χ1) is 10.7. The predicted octanol–water partition coefficient (Wildman–Crippen LogP) is 1.07. The van der Waals surface area contributed by atoms with Gasteiger partial charge in [0.25, 0.3) is 0 Å². The van der Waals surface area contributed by atoms with Gasteiger partial charge in [-0.05, 0) is 19.2 Å². The predicted molar refractivity (Wildman–Crippen MR) is 88.0 cm³/mol. The van der Waals surface area contributed by atoms with E-state index in [1.165, 1.54) is 0 Å². The second-order valence-corrected chi connectivity index (χ2v) is 5.79. The summed E-state index contributed by atoms with van der Waals surface area (Å²) in [5, 5.41) is 3.07. The average Bonchev–Trinajstić information content (AvgIpc) is 2.56. The molecule has 1 aliphatic rings. The van der Waals surface area contributed by atoms with E-state index in [4.69, 9.17) is 4.74 Å². The van der Waals surface area contributed by atoms with Gasteiger partial charge in [0.15, 0.2) is 0 Å². The highest BCUT2D eigenvalue weighted by atomic mass is 16.5. The fraction of sp³-hybridized carbons (Fsp3) is 0.588. The molecule has 0 radical (unpaired) electrons. The molecule has 5 nitrogen and oxygen atoms in total. The Morgan fingerprint density at radius 1 is 1.23 bits per heavy atom. The van der Waals surface area contributed by atoms with Crippen LogP contribution in [0.25, 0.3) is 0 Å². The zero-order valence-corrected chi connectivity index (χ0v) is 13.6. The SMILES string of the molecule is CNCC(C)C(=O)N1CCN(CCOc2ccccc2)CC1. The summed E-state index contributed by atoms with van der Waals surface area (Å²) in [6, 6.07) is 9.88. The number of amides is 1. The van der Waals surface area contributed by atoms with Crippen LogP contribution >= 0.6 is 0 Å². The number of hydrogen-bond donors (Lipinski definition) is 1. The third-order valence-corrected chi connectivity index (χ3v) is 4.04. The van der Waals surface area contributed by atoms with Crippen LogP contribution in [0, 0.1) is 5.92 Å². The maximum absolute atomic E-state index is 12.2. The third kappa shape index (κ3) is 5.00. The number of carbonyl (C=O) groups is 1. The normalized spacial score (nSPS) is 17.3. The van der Waals surface area contributed by atoms with Crippen LogP contribution in [0.15, 0.2) is 30.3 Å². The van der Waals surface area contributed by atoms with Gasteiger partial charge >= 0.3 is 0 Å². The molecule has 1 unspecified atom stereocenters. The lowest BCUT2D eigenvalue weighted by molar-refractivity contribution is -0.136. The Labute approximate surface area is 133 Å². The van der Waals surface area contributed by atoms with E-state index >= 15 is 0 Å². The van der Waals surface area contributed by atoms with E-state index < -0.39 is 0 Å². The number of carbonyl (C=O) groups excluding carboxylic acids is 1. The summed E-state index contributed by atoms with van der Waals surface area (Å²) in [5.41, 5.74) is 0. The number of para-hydroxylation sites is 1. The smallest absolute Gasteiger partial charge is 0.226 e. The summed E-state index contributed by atoms with van der Waals surface area (Å²) in [6.45, 7) is 7.81. The summed E-state index contributed by atoms with van der Waals surface area (Å²) >= 11 is 0. The molecular weight excluding hydrogens is 278 g/mol. The van der Waals surface area contributed by atoms with Crippen molar-refractivity contribution in [3.63, 3.8) is 0 Å². The number of nitrogens with zero attached hydrogens (tertiary/aromatic N) is 2. The van der Waals surface area contributed by atoms with Crippen molar-refractivity contribution in [1.29, 1.82) is 0 Å². The molecule has 1 amide bonds. The molecule has 1 fully saturated rings. The highest BCUT2D eigenvalue weighted by molar-refractivity contribution is 5.78. The minimum Gasteiger partial charge on any atom is -0.492 e. The lowest BCUT2D eigenvalue weighted by Gasteiger charge is -2.35. The van der Waals surface area contributed by atoms with E-state index in [9.17, 15) is 4.79 Å². The maximum atomic E-state index is 12.2. The number of nitrogens with one attached hydrogen (secondary N) is 1. The summed E-state index contributed by atoms with van der Waals surface area (Å²) in [7, 11) is 1.88. The van der Waals surface area contributed by atoms with Gasteiger partial charge in [-0.1, -0.05) is 25.1 Å². The first-order valence-corrected chi connectivity index (χ1v) is 8.04. The molecule has 0 bridgehead atoms. The summed E-state index contributed by atoms with van der Waals surface area (Å²) < 4.78 is 5.72. The maximum Gasteiger partial charge on any atom is 0.226 e. The summed E-state index contributed by atoms with van der Waals surface area (Å²) in [4.78, 5) is 16.6. The van der Waals surface area contributed by atoms with Crippen LogP contribution in [0.2, 0.25) is 0 Å². The van der Waals surface area contributed by atoms with Gasteiger partial charge in [-0.15, -0.1) is 0 Å². The number of piperazine rings is 1. The number of ether oxygens (including phenoxy) is 1. The Morgan fingerprint density at radius 3 is 2.55 bits per heavy atom. The third-order valence-electron chi connectivity index (χ3n) is 4.04. The largest absolute Gasteiger partial charge is 0.492 e. The van der Waals surface area contributed by atoms with Crippen molar-refractivity contribution in [2.75, 3.05) is 52.9 Å². The molecular formula is C17H27N3O2. The molecule has 2 rings (SSSR count). The molecule has 5 heteroatoms. The molecule has 22 heavy (non-hydrogen) atoms. The van der Waals surface area contributed by atoms with Crippen molar-refractivity contribution in [2.45, 2.75) is 6.92 Å². The number of benzene rings is 1. The monoisotopic (exact) mass is 305 g/mol. The van der Waals surface area contributed by atoms with Gasteiger partial charge in [0.2, 0.25) is 5.91 Å². The Balaban J connectivity index is 1.66. The van der Waals surface area contributed by atoms with E-state index in [-0.39, 0.29) is 11.8 Å². The lowest BCUT2D eigenvalue weighted by Crippen LogP contribution is -2.51. The quantitative estimate of drug-likeness (QED) is 0.818. The molecule has 1 aromatic rings. The van der Waals surface area contributed by atoms with E-state index in [1.54, 1.807) is 0 Å². The van der Waals surface area contributed by atoms with Crippen LogP contribution in [0.4, 0.5) is 0 Å². The molecule has 1 atom stereocenters. The summed E-state index contributed by atoms with van der Waals surface area (Å²) in [5.74, 6) is 1.23. The molecule has 1 heterocycles. The molecule has 1 N–H and O–H groups in total. The van der Waals surface area contributed by atoms with Crippen LogP contribution in [-0.4, -0.2) is 68.6 Å². The zero-order chi connectivity index (χ0) is 15.8. The van der Waals surface area contributed by atoms with Crippen LogP contribution in [0.5, 0.6) is 5.75 Å². The minimum atomic E-state index is 0.0537. The van der Waals surface area contributed by atoms with Crippen molar-refractivity contribution in [1.82, 2.24) is 15.1 Å². The highest BCUT2D eigenvalue weighted by Crippen LogP contribution is 2.10. The van der Waals surface area contributed by atoms with Crippen molar-refractivity contribution in [3.8, 4) is 5.75 Å². The second-order valence-electron chi connectivity index (χ2n) is 5.79. The fourth-order valence-electron chi connectivity index (χ4n) is 2.71. The van der Waals surface area contributed by atoms with E-state index in [0.717, 1.165) is 45.0 Å². The first kappa shape index (κ1) is 16.8. The Morgan fingerprint density at radius 2 is 1.91 bits per heavy atom. The topological polar surface area (TPSA) is 44.8 Å². The van der Waals surface area contributed by atoms with Gasteiger partial charge in [-0.2, -0.15) is 0 Å². The first-order valence-electron chi connectivity index (χ1n) is 8.04. The van der Waals surface area contributed by atoms with Gasteiger partial charge in [0, 0.05) is 45.2 Å². The molecule has 0 aromatic heterocycles. The Hall–Kier alpha value is -1.59. The van der Waals surface area contributed by atoms with Crippen molar-refractivity contribution in [2.24, 2.45) is 5.92 Å². The highest BCUT2D eigenvalue weighted by Gasteiger charge is 2.24. The second kappa shape index (κ2) is 8.76. The van der Waals surface area contributed by atoms with Crippen molar-refractivity contribution < 1.29 is 9.53 Å². The average molecular weight is 305 g/mol. The molecule has 0 spiro atoms. The van der Waals surface area contributed by atoms with Gasteiger partial charge in [0.1, 0.15) is 12.4 Å². The number of rotatable bonds is 7. The van der Waals surface area contributed by atoms with E-state index in [0.29, 0.717) is 6.61 Å². The van der Waals surface area contributed by atoms with Gasteiger partial charge in [0.05, 0.1) is 0 Å². The molecule has 0 aliphatic carbocycles.